The lowest BCUT2D eigenvalue weighted by Gasteiger charge is -2.17. The van der Waals surface area contributed by atoms with Gasteiger partial charge in [-0.1, -0.05) is 29.3 Å². The summed E-state index contributed by atoms with van der Waals surface area (Å²) >= 11 is 12.1. The average Bonchev–Trinajstić information content (AvgIpc) is 3.29. The van der Waals surface area contributed by atoms with Crippen LogP contribution in [0.25, 0.3) is 11.5 Å². The fourth-order valence-corrected chi connectivity index (χ4v) is 3.72. The van der Waals surface area contributed by atoms with Crippen molar-refractivity contribution in [2.75, 3.05) is 0 Å². The Balaban J connectivity index is 1.76. The van der Waals surface area contributed by atoms with Gasteiger partial charge in [-0.05, 0) is 51.5 Å². The molecule has 4 aromatic rings. The zero-order chi connectivity index (χ0) is 27.3. The van der Waals surface area contributed by atoms with Crippen molar-refractivity contribution in [2.24, 2.45) is 0 Å². The SMILES string of the molecule is [2H]C([2H])(Oc1cc(C)n(-c2cc(-n3ccc(C(C)(C)O)n3)ncc2C)c(=O)c1Cl)c1ccc(Cl)cc1F. The Morgan fingerprint density at radius 2 is 1.94 bits per heavy atom. The first-order valence-corrected chi connectivity index (χ1v) is 11.3. The number of aliphatic hydroxyl groups is 1. The number of pyridine rings is 2. The smallest absolute Gasteiger partial charge is 0.277 e. The highest BCUT2D eigenvalue weighted by Crippen LogP contribution is 2.27. The predicted octanol–water partition coefficient (Wildman–Crippen LogP) is 5.29. The fraction of sp³-hybridized carbons (Fsp3) is 0.240. The summed E-state index contributed by atoms with van der Waals surface area (Å²) in [6.07, 6.45) is 3.22. The van der Waals surface area contributed by atoms with Gasteiger partial charge in [0.1, 0.15) is 28.7 Å². The van der Waals surface area contributed by atoms with E-state index in [1.54, 1.807) is 52.2 Å². The van der Waals surface area contributed by atoms with Crippen LogP contribution in [0.4, 0.5) is 4.39 Å². The molecule has 1 aromatic carbocycles. The van der Waals surface area contributed by atoms with Gasteiger partial charge in [0, 0.05) is 40.8 Å². The zero-order valence-corrected chi connectivity index (χ0v) is 20.8. The maximum atomic E-state index is 14.4. The van der Waals surface area contributed by atoms with E-state index in [2.05, 4.69) is 10.1 Å². The lowest BCUT2D eigenvalue weighted by molar-refractivity contribution is 0.0734. The van der Waals surface area contributed by atoms with Crippen LogP contribution >= 0.6 is 23.2 Å². The number of benzene rings is 1. The molecular weight excluding hydrogens is 494 g/mol. The van der Waals surface area contributed by atoms with Gasteiger partial charge >= 0.3 is 0 Å². The van der Waals surface area contributed by atoms with Gasteiger partial charge in [0.2, 0.25) is 0 Å². The van der Waals surface area contributed by atoms with Crippen LogP contribution in [0.1, 0.15) is 39.1 Å². The normalized spacial score (nSPS) is 12.9. The third kappa shape index (κ3) is 5.10. The highest BCUT2D eigenvalue weighted by atomic mass is 35.5. The van der Waals surface area contributed by atoms with Crippen LogP contribution in [0.15, 0.2) is 53.6 Å². The summed E-state index contributed by atoms with van der Waals surface area (Å²) in [5.41, 5.74) is -0.248. The Labute approximate surface area is 214 Å². The largest absolute Gasteiger partial charge is 0.487 e. The molecule has 0 fully saturated rings. The molecule has 4 rings (SSSR count). The van der Waals surface area contributed by atoms with E-state index in [4.69, 9.17) is 30.7 Å². The van der Waals surface area contributed by atoms with Gasteiger partial charge in [0.15, 0.2) is 5.82 Å². The van der Waals surface area contributed by atoms with Gasteiger partial charge in [-0.15, -0.1) is 0 Å². The minimum Gasteiger partial charge on any atom is -0.487 e. The van der Waals surface area contributed by atoms with Crippen LogP contribution in [-0.2, 0) is 12.2 Å². The van der Waals surface area contributed by atoms with Gasteiger partial charge in [-0.3, -0.25) is 9.36 Å². The van der Waals surface area contributed by atoms with Gasteiger partial charge in [-0.25, -0.2) is 14.1 Å². The molecule has 0 radical (unpaired) electrons. The number of rotatable bonds is 6. The molecule has 10 heteroatoms. The van der Waals surface area contributed by atoms with Gasteiger partial charge < -0.3 is 9.84 Å². The monoisotopic (exact) mass is 518 g/mol. The molecule has 7 nitrogen and oxygen atoms in total. The molecule has 1 N–H and O–H groups in total. The number of hydrogen-bond acceptors (Lipinski definition) is 5. The molecule has 0 atom stereocenters. The van der Waals surface area contributed by atoms with Crippen LogP contribution in [0, 0.1) is 19.7 Å². The van der Waals surface area contributed by atoms with Crippen molar-refractivity contribution in [2.45, 2.75) is 39.9 Å². The van der Waals surface area contributed by atoms with E-state index in [1.807, 2.05) is 0 Å². The topological polar surface area (TPSA) is 82.2 Å². The summed E-state index contributed by atoms with van der Waals surface area (Å²) in [7, 11) is 0. The summed E-state index contributed by atoms with van der Waals surface area (Å²) in [5, 5.41) is 14.3. The van der Waals surface area contributed by atoms with E-state index in [9.17, 15) is 14.3 Å². The molecule has 182 valence electrons. The van der Waals surface area contributed by atoms with E-state index in [-0.39, 0.29) is 15.8 Å². The Bertz CT molecular complexity index is 1560. The standard InChI is InChI=1S/C25H23Cl2FN4O3/c1-14-12-29-22(31-8-7-21(30-31)25(3,4)34)11-19(14)32-15(2)9-20(23(27)24(32)33)35-13-16-5-6-17(26)10-18(16)28/h5-12,34H,13H2,1-4H3/i13D2. The molecule has 0 saturated carbocycles. The molecule has 0 unspecified atom stereocenters. The summed E-state index contributed by atoms with van der Waals surface area (Å²) in [5.74, 6) is -0.744. The summed E-state index contributed by atoms with van der Waals surface area (Å²) < 4.78 is 39.0. The third-order valence-electron chi connectivity index (χ3n) is 5.25. The third-order valence-corrected chi connectivity index (χ3v) is 5.84. The molecule has 3 aromatic heterocycles. The van der Waals surface area contributed by atoms with Crippen molar-refractivity contribution < 1.29 is 17.0 Å². The molecule has 0 aliphatic rings. The number of ether oxygens (including phenoxy) is 1. The number of nitrogens with zero attached hydrogens (tertiary/aromatic N) is 4. The number of hydrogen-bond donors (Lipinski definition) is 1. The Kier molecular flexibility index (Phi) is 6.01. The van der Waals surface area contributed by atoms with Crippen molar-refractivity contribution in [1.29, 1.82) is 0 Å². The number of aromatic nitrogens is 4. The molecule has 0 aliphatic carbocycles. The first kappa shape index (κ1) is 22.3. The maximum absolute atomic E-state index is 14.4. The summed E-state index contributed by atoms with van der Waals surface area (Å²) in [6.45, 7) is 3.99. The first-order chi connectivity index (χ1) is 17.2. The molecule has 0 aliphatic heterocycles. The Morgan fingerprint density at radius 1 is 1.20 bits per heavy atom. The molecule has 0 amide bonds. The fourth-order valence-electron chi connectivity index (χ4n) is 3.38. The van der Waals surface area contributed by atoms with Gasteiger partial charge in [0.25, 0.3) is 5.56 Å². The van der Waals surface area contributed by atoms with E-state index < -0.39 is 29.1 Å². The maximum Gasteiger partial charge on any atom is 0.277 e. The van der Waals surface area contributed by atoms with Crippen molar-refractivity contribution in [3.8, 4) is 17.3 Å². The second-order valence-electron chi connectivity index (χ2n) is 8.47. The zero-order valence-electron chi connectivity index (χ0n) is 21.3. The van der Waals surface area contributed by atoms with Crippen LogP contribution < -0.4 is 10.3 Å². The molecule has 0 bridgehead atoms. The number of halogens is 3. The lowest BCUT2D eigenvalue weighted by Crippen LogP contribution is -2.23. The first-order valence-electron chi connectivity index (χ1n) is 11.5. The molecule has 0 spiro atoms. The molecule has 0 saturated heterocycles. The molecular formula is C25H23Cl2FN4O3. The lowest BCUT2D eigenvalue weighted by atomic mass is 10.1. The van der Waals surface area contributed by atoms with Crippen molar-refractivity contribution >= 4 is 23.2 Å². The molecule has 3 heterocycles. The van der Waals surface area contributed by atoms with E-state index in [0.29, 0.717) is 28.5 Å². The summed E-state index contributed by atoms with van der Waals surface area (Å²) in [6, 6.07) is 8.18. The van der Waals surface area contributed by atoms with Gasteiger partial charge in [0.05, 0.1) is 14.1 Å². The highest BCUT2D eigenvalue weighted by Gasteiger charge is 2.21. The summed E-state index contributed by atoms with van der Waals surface area (Å²) in [4.78, 5) is 17.7. The average molecular weight is 519 g/mol. The second-order valence-corrected chi connectivity index (χ2v) is 9.28. The highest BCUT2D eigenvalue weighted by molar-refractivity contribution is 6.31. The van der Waals surface area contributed by atoms with Crippen molar-refractivity contribution in [1.82, 2.24) is 19.3 Å². The van der Waals surface area contributed by atoms with Crippen LogP contribution in [0.5, 0.6) is 5.75 Å². The number of aryl methyl sites for hydroxylation is 2. The van der Waals surface area contributed by atoms with Crippen molar-refractivity contribution in [3.05, 3.63) is 97.5 Å². The second kappa shape index (κ2) is 9.45. The Morgan fingerprint density at radius 3 is 2.60 bits per heavy atom. The predicted molar refractivity (Wildman–Crippen MR) is 132 cm³/mol. The quantitative estimate of drug-likeness (QED) is 0.375. The molecule has 35 heavy (non-hydrogen) atoms. The van der Waals surface area contributed by atoms with Crippen LogP contribution in [-0.4, -0.2) is 24.4 Å². The van der Waals surface area contributed by atoms with E-state index in [1.165, 1.54) is 27.4 Å². The minimum absolute atomic E-state index is 0.104. The van der Waals surface area contributed by atoms with Crippen LogP contribution in [0.2, 0.25) is 10.0 Å². The van der Waals surface area contributed by atoms with Crippen LogP contribution in [0.3, 0.4) is 0 Å². The van der Waals surface area contributed by atoms with E-state index in [0.717, 1.165) is 6.07 Å². The van der Waals surface area contributed by atoms with Gasteiger partial charge in [-0.2, -0.15) is 5.10 Å². The Hall–Kier alpha value is -3.20. The van der Waals surface area contributed by atoms with Crippen molar-refractivity contribution in [3.63, 3.8) is 0 Å². The minimum atomic E-state index is -2.64. The van der Waals surface area contributed by atoms with E-state index >= 15 is 0 Å².